The fraction of sp³-hybridized carbons (Fsp3) is 0.500. The van der Waals surface area contributed by atoms with E-state index in [1.807, 2.05) is 12.1 Å². The Morgan fingerprint density at radius 2 is 2.14 bits per heavy atom. The maximum atomic E-state index is 10.6. The molecule has 0 unspecified atom stereocenters. The molecule has 0 amide bonds. The number of likely N-dealkylation sites (tertiary alicyclic amines) is 1. The molecule has 1 fully saturated rings. The SMILES string of the molecule is CCCC1CCN(Cc2cccc(C=CC(=O)O)c2)CC1. The van der Waals surface area contributed by atoms with Crippen LogP contribution in [0.4, 0.5) is 0 Å². The summed E-state index contributed by atoms with van der Waals surface area (Å²) in [6.07, 6.45) is 8.12. The van der Waals surface area contributed by atoms with Crippen molar-refractivity contribution in [1.82, 2.24) is 4.90 Å². The first kappa shape index (κ1) is 15.8. The van der Waals surface area contributed by atoms with Gasteiger partial charge in [0.1, 0.15) is 0 Å². The molecule has 1 aromatic rings. The van der Waals surface area contributed by atoms with Gasteiger partial charge in [-0.3, -0.25) is 4.90 Å². The van der Waals surface area contributed by atoms with Gasteiger partial charge in [0.15, 0.2) is 0 Å². The van der Waals surface area contributed by atoms with Crippen LogP contribution in [0.5, 0.6) is 0 Å². The van der Waals surface area contributed by atoms with Crippen molar-refractivity contribution in [3.8, 4) is 0 Å². The zero-order valence-electron chi connectivity index (χ0n) is 12.8. The van der Waals surface area contributed by atoms with E-state index in [9.17, 15) is 4.79 Å². The van der Waals surface area contributed by atoms with Crippen LogP contribution in [0, 0.1) is 5.92 Å². The zero-order chi connectivity index (χ0) is 15.1. The van der Waals surface area contributed by atoms with E-state index in [4.69, 9.17) is 5.11 Å². The third-order valence-electron chi connectivity index (χ3n) is 4.18. The number of carboxylic acids is 1. The van der Waals surface area contributed by atoms with Crippen molar-refractivity contribution in [2.75, 3.05) is 13.1 Å². The minimum atomic E-state index is -0.904. The number of carbonyl (C=O) groups is 1. The highest BCUT2D eigenvalue weighted by Gasteiger charge is 2.18. The van der Waals surface area contributed by atoms with Crippen molar-refractivity contribution >= 4 is 12.0 Å². The number of hydrogen-bond acceptors (Lipinski definition) is 2. The fourth-order valence-electron chi connectivity index (χ4n) is 3.06. The van der Waals surface area contributed by atoms with Gasteiger partial charge >= 0.3 is 5.97 Å². The van der Waals surface area contributed by atoms with Gasteiger partial charge in [-0.15, -0.1) is 0 Å². The highest BCUT2D eigenvalue weighted by atomic mass is 16.4. The molecule has 0 bridgehead atoms. The van der Waals surface area contributed by atoms with Crippen LogP contribution in [0.25, 0.3) is 6.08 Å². The van der Waals surface area contributed by atoms with Gasteiger partial charge < -0.3 is 5.11 Å². The smallest absolute Gasteiger partial charge is 0.328 e. The monoisotopic (exact) mass is 287 g/mol. The summed E-state index contributed by atoms with van der Waals surface area (Å²) in [6, 6.07) is 8.14. The molecule has 3 heteroatoms. The summed E-state index contributed by atoms with van der Waals surface area (Å²) in [7, 11) is 0. The number of carboxylic acid groups (broad SMARTS) is 1. The molecule has 2 rings (SSSR count). The number of piperidine rings is 1. The Morgan fingerprint density at radius 3 is 2.81 bits per heavy atom. The largest absolute Gasteiger partial charge is 0.478 e. The second-order valence-electron chi connectivity index (χ2n) is 5.92. The minimum Gasteiger partial charge on any atom is -0.478 e. The number of aliphatic carboxylic acids is 1. The maximum absolute atomic E-state index is 10.6. The molecular formula is C18H25NO2. The topological polar surface area (TPSA) is 40.5 Å². The molecule has 0 radical (unpaired) electrons. The quantitative estimate of drug-likeness (QED) is 0.809. The molecule has 0 atom stereocenters. The first-order chi connectivity index (χ1) is 10.2. The van der Waals surface area contributed by atoms with Gasteiger partial charge in [0.25, 0.3) is 0 Å². The second-order valence-corrected chi connectivity index (χ2v) is 5.92. The summed E-state index contributed by atoms with van der Waals surface area (Å²) in [5, 5.41) is 8.68. The molecule has 0 spiro atoms. The Morgan fingerprint density at radius 1 is 1.38 bits per heavy atom. The van der Waals surface area contributed by atoms with Crippen LogP contribution in [-0.4, -0.2) is 29.1 Å². The molecular weight excluding hydrogens is 262 g/mol. The zero-order valence-corrected chi connectivity index (χ0v) is 12.8. The number of hydrogen-bond donors (Lipinski definition) is 1. The van der Waals surface area contributed by atoms with E-state index in [1.54, 1.807) is 6.08 Å². The lowest BCUT2D eigenvalue weighted by Gasteiger charge is -2.31. The predicted molar refractivity (Wildman–Crippen MR) is 86.0 cm³/mol. The van der Waals surface area contributed by atoms with E-state index < -0.39 is 5.97 Å². The highest BCUT2D eigenvalue weighted by Crippen LogP contribution is 2.23. The Labute approximate surface area is 127 Å². The standard InChI is InChI=1S/C18H25NO2/c1-2-4-15-9-11-19(12-10-15)14-17-6-3-5-16(13-17)7-8-18(20)21/h3,5-8,13,15H,2,4,9-12,14H2,1H3,(H,20,21). The van der Waals surface area contributed by atoms with E-state index >= 15 is 0 Å². The van der Waals surface area contributed by atoms with Gasteiger partial charge in [0, 0.05) is 12.6 Å². The normalized spacial score (nSPS) is 17.4. The molecule has 0 aliphatic carbocycles. The van der Waals surface area contributed by atoms with Crippen molar-refractivity contribution in [2.45, 2.75) is 39.2 Å². The summed E-state index contributed by atoms with van der Waals surface area (Å²) in [6.45, 7) is 5.59. The third kappa shape index (κ3) is 5.35. The molecule has 1 aromatic carbocycles. The van der Waals surface area contributed by atoms with Crippen LogP contribution in [0.3, 0.4) is 0 Å². The molecule has 21 heavy (non-hydrogen) atoms. The van der Waals surface area contributed by atoms with Crippen LogP contribution in [0.15, 0.2) is 30.3 Å². The Hall–Kier alpha value is -1.61. The van der Waals surface area contributed by atoms with Gasteiger partial charge in [-0.25, -0.2) is 4.79 Å². The van der Waals surface area contributed by atoms with E-state index in [0.717, 1.165) is 18.0 Å². The van der Waals surface area contributed by atoms with Gasteiger partial charge in [-0.2, -0.15) is 0 Å². The van der Waals surface area contributed by atoms with Crippen LogP contribution >= 0.6 is 0 Å². The summed E-state index contributed by atoms with van der Waals surface area (Å²) in [5.74, 6) is 0.00878. The Bertz CT molecular complexity index is 488. The summed E-state index contributed by atoms with van der Waals surface area (Å²) in [5.41, 5.74) is 2.22. The predicted octanol–water partition coefficient (Wildman–Crippen LogP) is 3.80. The fourth-order valence-corrected chi connectivity index (χ4v) is 3.06. The van der Waals surface area contributed by atoms with Crippen molar-refractivity contribution in [1.29, 1.82) is 0 Å². The van der Waals surface area contributed by atoms with Crippen LogP contribution in [0.2, 0.25) is 0 Å². The summed E-state index contributed by atoms with van der Waals surface area (Å²) < 4.78 is 0. The molecule has 0 saturated carbocycles. The van der Waals surface area contributed by atoms with E-state index in [2.05, 4.69) is 24.0 Å². The second kappa shape index (κ2) is 7.99. The van der Waals surface area contributed by atoms with Crippen molar-refractivity contribution in [3.05, 3.63) is 41.5 Å². The number of rotatable bonds is 6. The van der Waals surface area contributed by atoms with Crippen molar-refractivity contribution in [3.63, 3.8) is 0 Å². The van der Waals surface area contributed by atoms with E-state index in [-0.39, 0.29) is 0 Å². The van der Waals surface area contributed by atoms with Crippen LogP contribution in [-0.2, 0) is 11.3 Å². The van der Waals surface area contributed by atoms with Gasteiger partial charge in [0.05, 0.1) is 0 Å². The average molecular weight is 287 g/mol. The first-order valence-electron chi connectivity index (χ1n) is 7.89. The Balaban J connectivity index is 1.89. The van der Waals surface area contributed by atoms with Crippen molar-refractivity contribution in [2.24, 2.45) is 5.92 Å². The first-order valence-corrected chi connectivity index (χ1v) is 7.89. The van der Waals surface area contributed by atoms with Crippen LogP contribution < -0.4 is 0 Å². The van der Waals surface area contributed by atoms with E-state index in [0.29, 0.717) is 0 Å². The molecule has 0 aromatic heterocycles. The summed E-state index contributed by atoms with van der Waals surface area (Å²) >= 11 is 0. The Kier molecular flexibility index (Phi) is 6.00. The third-order valence-corrected chi connectivity index (χ3v) is 4.18. The van der Waals surface area contributed by atoms with Gasteiger partial charge in [0.2, 0.25) is 0 Å². The molecule has 1 N–H and O–H groups in total. The molecule has 1 aliphatic heterocycles. The van der Waals surface area contributed by atoms with Gasteiger partial charge in [-0.05, 0) is 49.1 Å². The number of nitrogens with zero attached hydrogens (tertiary/aromatic N) is 1. The van der Waals surface area contributed by atoms with Gasteiger partial charge in [-0.1, -0.05) is 44.0 Å². The lowest BCUT2D eigenvalue weighted by molar-refractivity contribution is -0.131. The number of benzene rings is 1. The lowest BCUT2D eigenvalue weighted by atomic mass is 9.92. The average Bonchev–Trinajstić information content (AvgIpc) is 2.48. The molecule has 3 nitrogen and oxygen atoms in total. The maximum Gasteiger partial charge on any atom is 0.328 e. The summed E-state index contributed by atoms with van der Waals surface area (Å²) in [4.78, 5) is 13.1. The van der Waals surface area contributed by atoms with Crippen molar-refractivity contribution < 1.29 is 9.90 Å². The molecule has 1 aliphatic rings. The lowest BCUT2D eigenvalue weighted by Crippen LogP contribution is -2.33. The minimum absolute atomic E-state index is 0.904. The molecule has 1 heterocycles. The molecule has 1 saturated heterocycles. The highest BCUT2D eigenvalue weighted by molar-refractivity contribution is 5.85. The van der Waals surface area contributed by atoms with E-state index in [1.165, 1.54) is 50.4 Å². The molecule has 114 valence electrons. The van der Waals surface area contributed by atoms with Crippen LogP contribution in [0.1, 0.15) is 43.7 Å².